The third-order valence-electron chi connectivity index (χ3n) is 3.90. The molecule has 1 atom stereocenters. The quantitative estimate of drug-likeness (QED) is 0.864. The average Bonchev–Trinajstić information content (AvgIpc) is 2.78. The van der Waals surface area contributed by atoms with Crippen molar-refractivity contribution in [2.24, 2.45) is 0 Å². The molecule has 0 amide bonds. The van der Waals surface area contributed by atoms with E-state index >= 15 is 0 Å². The molecule has 2 aromatic carbocycles. The van der Waals surface area contributed by atoms with Gasteiger partial charge < -0.3 is 15.2 Å². The van der Waals surface area contributed by atoms with Crippen molar-refractivity contribution in [3.05, 3.63) is 36.4 Å². The smallest absolute Gasteiger partial charge is 0.127 e. The number of benzene rings is 2. The number of hydrogen-bond acceptors (Lipinski definition) is 3. The van der Waals surface area contributed by atoms with Gasteiger partial charge in [0.05, 0.1) is 11.7 Å². The molecule has 0 aromatic heterocycles. The van der Waals surface area contributed by atoms with Crippen LogP contribution >= 0.6 is 0 Å². The van der Waals surface area contributed by atoms with Crippen LogP contribution in [0.3, 0.4) is 0 Å². The fraction of sp³-hybridized carbons (Fsp3) is 0.412. The minimum absolute atomic E-state index is 0.0167. The van der Waals surface area contributed by atoms with Gasteiger partial charge in [-0.25, -0.2) is 0 Å². The summed E-state index contributed by atoms with van der Waals surface area (Å²) in [4.78, 5) is 0. The summed E-state index contributed by atoms with van der Waals surface area (Å²) in [7, 11) is 0. The second-order valence-electron chi connectivity index (χ2n) is 6.05. The molecule has 106 valence electrons. The molecular weight excluding hydrogens is 250 g/mol. The van der Waals surface area contributed by atoms with E-state index in [0.717, 1.165) is 35.1 Å². The van der Waals surface area contributed by atoms with Crippen molar-refractivity contribution in [2.75, 3.05) is 12.3 Å². The van der Waals surface area contributed by atoms with Crippen molar-refractivity contribution in [3.8, 4) is 5.75 Å². The number of hydrogen-bond donors (Lipinski definition) is 1. The normalized spacial score (nSPS) is 21.2. The van der Waals surface area contributed by atoms with Crippen LogP contribution in [0.5, 0.6) is 5.75 Å². The number of nitrogens with two attached hydrogens (primary N) is 1. The van der Waals surface area contributed by atoms with Crippen LogP contribution in [0.1, 0.15) is 26.7 Å². The second-order valence-corrected chi connectivity index (χ2v) is 6.05. The zero-order valence-electron chi connectivity index (χ0n) is 12.1. The number of fused-ring (bicyclic) bond motifs is 1. The molecule has 0 saturated carbocycles. The van der Waals surface area contributed by atoms with Crippen molar-refractivity contribution >= 4 is 16.5 Å². The van der Waals surface area contributed by atoms with Gasteiger partial charge in [-0.1, -0.05) is 24.3 Å². The van der Waals surface area contributed by atoms with Crippen LogP contribution in [-0.2, 0) is 4.74 Å². The van der Waals surface area contributed by atoms with Crippen LogP contribution in [0.25, 0.3) is 10.8 Å². The summed E-state index contributed by atoms with van der Waals surface area (Å²) < 4.78 is 11.9. The van der Waals surface area contributed by atoms with E-state index in [1.54, 1.807) is 0 Å². The Bertz CT molecular complexity index is 621. The van der Waals surface area contributed by atoms with Crippen LogP contribution in [0.15, 0.2) is 36.4 Å². The summed E-state index contributed by atoms with van der Waals surface area (Å²) in [5.41, 5.74) is 6.77. The lowest BCUT2D eigenvalue weighted by atomic mass is 10.1. The van der Waals surface area contributed by atoms with Crippen molar-refractivity contribution in [1.82, 2.24) is 0 Å². The molecule has 20 heavy (non-hydrogen) atoms. The summed E-state index contributed by atoms with van der Waals surface area (Å²) >= 11 is 0. The average molecular weight is 271 g/mol. The molecular formula is C17H21NO2. The molecule has 1 heterocycles. The Morgan fingerprint density at radius 3 is 2.65 bits per heavy atom. The van der Waals surface area contributed by atoms with Crippen LogP contribution in [0.4, 0.5) is 5.69 Å². The Balaban J connectivity index is 1.77. The van der Waals surface area contributed by atoms with E-state index in [2.05, 4.69) is 13.8 Å². The van der Waals surface area contributed by atoms with E-state index in [1.165, 1.54) is 0 Å². The molecule has 1 fully saturated rings. The van der Waals surface area contributed by atoms with Crippen LogP contribution in [-0.4, -0.2) is 18.3 Å². The fourth-order valence-corrected chi connectivity index (χ4v) is 2.80. The lowest BCUT2D eigenvalue weighted by molar-refractivity contribution is -0.0324. The monoisotopic (exact) mass is 271 g/mol. The molecule has 2 N–H and O–H groups in total. The SMILES string of the molecule is CC1(C)CCC(COc2ccc(N)c3ccccc23)O1. The fourth-order valence-electron chi connectivity index (χ4n) is 2.80. The van der Waals surface area contributed by atoms with Crippen LogP contribution in [0.2, 0.25) is 0 Å². The third kappa shape index (κ3) is 2.59. The van der Waals surface area contributed by atoms with Gasteiger partial charge in [0.2, 0.25) is 0 Å². The van der Waals surface area contributed by atoms with Gasteiger partial charge in [-0.3, -0.25) is 0 Å². The highest BCUT2D eigenvalue weighted by molar-refractivity contribution is 5.96. The molecule has 1 saturated heterocycles. The van der Waals surface area contributed by atoms with Gasteiger partial charge in [0, 0.05) is 16.5 Å². The molecule has 0 bridgehead atoms. The first-order valence-electron chi connectivity index (χ1n) is 7.13. The molecule has 3 nitrogen and oxygen atoms in total. The molecule has 2 aromatic rings. The topological polar surface area (TPSA) is 44.5 Å². The van der Waals surface area contributed by atoms with Gasteiger partial charge in [0.25, 0.3) is 0 Å². The Hall–Kier alpha value is -1.74. The highest BCUT2D eigenvalue weighted by atomic mass is 16.6. The number of ether oxygens (including phenoxy) is 2. The number of anilines is 1. The van der Waals surface area contributed by atoms with Crippen molar-refractivity contribution < 1.29 is 9.47 Å². The van der Waals surface area contributed by atoms with E-state index in [0.29, 0.717) is 6.61 Å². The molecule has 0 aliphatic carbocycles. The molecule has 0 radical (unpaired) electrons. The Morgan fingerprint density at radius 1 is 1.20 bits per heavy atom. The van der Waals surface area contributed by atoms with Gasteiger partial charge in [-0.15, -0.1) is 0 Å². The maximum absolute atomic E-state index is 6.00. The first-order valence-corrected chi connectivity index (χ1v) is 7.13. The van der Waals surface area contributed by atoms with Crippen LogP contribution < -0.4 is 10.5 Å². The summed E-state index contributed by atoms with van der Waals surface area (Å²) in [6.07, 6.45) is 2.32. The van der Waals surface area contributed by atoms with E-state index in [9.17, 15) is 0 Å². The summed E-state index contributed by atoms with van der Waals surface area (Å²) in [6.45, 7) is 4.86. The van der Waals surface area contributed by atoms with Crippen molar-refractivity contribution in [2.45, 2.75) is 38.4 Å². The Kier molecular flexibility index (Phi) is 3.30. The highest BCUT2D eigenvalue weighted by Crippen LogP contribution is 2.32. The van der Waals surface area contributed by atoms with Gasteiger partial charge in [-0.05, 0) is 38.8 Å². The molecule has 0 spiro atoms. The lowest BCUT2D eigenvalue weighted by Gasteiger charge is -2.20. The number of rotatable bonds is 3. The predicted octanol–water partition coefficient (Wildman–Crippen LogP) is 3.76. The minimum Gasteiger partial charge on any atom is -0.490 e. The largest absolute Gasteiger partial charge is 0.490 e. The maximum Gasteiger partial charge on any atom is 0.127 e. The Labute approximate surface area is 119 Å². The minimum atomic E-state index is -0.0167. The first kappa shape index (κ1) is 13.3. The van der Waals surface area contributed by atoms with Crippen molar-refractivity contribution in [3.63, 3.8) is 0 Å². The van der Waals surface area contributed by atoms with Crippen molar-refractivity contribution in [1.29, 1.82) is 0 Å². The van der Waals surface area contributed by atoms with E-state index in [1.807, 2.05) is 36.4 Å². The molecule has 1 aliphatic rings. The van der Waals surface area contributed by atoms with Gasteiger partial charge in [0.1, 0.15) is 12.4 Å². The van der Waals surface area contributed by atoms with Gasteiger partial charge in [-0.2, -0.15) is 0 Å². The maximum atomic E-state index is 6.00. The molecule has 3 heteroatoms. The van der Waals surface area contributed by atoms with Crippen LogP contribution in [0, 0.1) is 0 Å². The van der Waals surface area contributed by atoms with E-state index in [-0.39, 0.29) is 11.7 Å². The molecule has 1 aliphatic heterocycles. The first-order chi connectivity index (χ1) is 9.55. The van der Waals surface area contributed by atoms with E-state index in [4.69, 9.17) is 15.2 Å². The predicted molar refractivity (Wildman–Crippen MR) is 82.0 cm³/mol. The Morgan fingerprint density at radius 2 is 1.95 bits per heavy atom. The second kappa shape index (κ2) is 4.98. The standard InChI is InChI=1S/C17H21NO2/c1-17(2)10-9-12(20-17)11-19-16-8-7-15(18)13-5-3-4-6-14(13)16/h3-8,12H,9-11,18H2,1-2H3. The molecule has 1 unspecified atom stereocenters. The zero-order valence-corrected chi connectivity index (χ0v) is 12.1. The van der Waals surface area contributed by atoms with Gasteiger partial charge in [0.15, 0.2) is 0 Å². The zero-order chi connectivity index (χ0) is 14.2. The summed E-state index contributed by atoms with van der Waals surface area (Å²) in [5.74, 6) is 0.878. The summed E-state index contributed by atoms with van der Waals surface area (Å²) in [5, 5.41) is 2.10. The third-order valence-corrected chi connectivity index (χ3v) is 3.90. The lowest BCUT2D eigenvalue weighted by Crippen LogP contribution is -2.23. The number of nitrogen functional groups attached to an aromatic ring is 1. The molecule has 3 rings (SSSR count). The highest BCUT2D eigenvalue weighted by Gasteiger charge is 2.31. The summed E-state index contributed by atoms with van der Waals surface area (Å²) in [6, 6.07) is 11.9. The van der Waals surface area contributed by atoms with E-state index < -0.39 is 0 Å². The van der Waals surface area contributed by atoms with Gasteiger partial charge >= 0.3 is 0 Å².